The molecule has 1 saturated heterocycles. The first-order valence-corrected chi connectivity index (χ1v) is 8.08. The Morgan fingerprint density at radius 1 is 1.36 bits per heavy atom. The monoisotopic (exact) mass is 307 g/mol. The highest BCUT2D eigenvalue weighted by Crippen LogP contribution is 2.23. The maximum Gasteiger partial charge on any atom is 0.307 e. The van der Waals surface area contributed by atoms with Gasteiger partial charge >= 0.3 is 5.97 Å². The van der Waals surface area contributed by atoms with Gasteiger partial charge in [0.1, 0.15) is 0 Å². The Hall–Kier alpha value is -1.85. The number of carbonyl (C=O) groups excluding carboxylic acids is 2. The summed E-state index contributed by atoms with van der Waals surface area (Å²) in [6, 6.07) is -0.0820. The number of nitrogens with zero attached hydrogens (tertiary/aromatic N) is 2. The van der Waals surface area contributed by atoms with E-state index in [4.69, 9.17) is 4.74 Å². The average molecular weight is 307 g/mol. The fourth-order valence-electron chi connectivity index (χ4n) is 3.01. The Labute approximate surface area is 131 Å². The maximum atomic E-state index is 12.8. The standard InChI is InChI=1S/C16H25N3O3/c1-4-13-11(3)15(18-17-13)16(21)19-9-7-6-8-12(19)10-14(20)22-5-2/h12H,4-10H2,1-3H3,(H,17,18)/t12-/m1/s1. The maximum absolute atomic E-state index is 12.8. The number of hydrogen-bond donors (Lipinski definition) is 1. The molecule has 0 aliphatic carbocycles. The minimum Gasteiger partial charge on any atom is -0.466 e. The Balaban J connectivity index is 2.14. The van der Waals surface area contributed by atoms with Crippen LogP contribution in [0, 0.1) is 6.92 Å². The van der Waals surface area contributed by atoms with Crippen LogP contribution in [0.25, 0.3) is 0 Å². The number of aromatic amines is 1. The van der Waals surface area contributed by atoms with E-state index in [-0.39, 0.29) is 24.3 Å². The summed E-state index contributed by atoms with van der Waals surface area (Å²) in [7, 11) is 0. The van der Waals surface area contributed by atoms with E-state index in [0.29, 0.717) is 18.8 Å². The van der Waals surface area contributed by atoms with Crippen molar-refractivity contribution >= 4 is 11.9 Å². The minimum atomic E-state index is -0.236. The lowest BCUT2D eigenvalue weighted by molar-refractivity contribution is -0.144. The zero-order valence-electron chi connectivity index (χ0n) is 13.6. The van der Waals surface area contributed by atoms with Crippen LogP contribution in [0.4, 0.5) is 0 Å². The number of amides is 1. The predicted octanol–water partition coefficient (Wildman–Crippen LogP) is 2.23. The molecule has 0 bridgehead atoms. The highest BCUT2D eigenvalue weighted by molar-refractivity contribution is 5.94. The van der Waals surface area contributed by atoms with Crippen molar-refractivity contribution in [3.05, 3.63) is 17.0 Å². The van der Waals surface area contributed by atoms with Gasteiger partial charge in [0.15, 0.2) is 5.69 Å². The molecule has 0 aromatic carbocycles. The predicted molar refractivity (Wildman–Crippen MR) is 82.6 cm³/mol. The average Bonchev–Trinajstić information content (AvgIpc) is 2.88. The van der Waals surface area contributed by atoms with Crippen LogP contribution in [0.1, 0.15) is 61.3 Å². The number of carbonyl (C=O) groups is 2. The van der Waals surface area contributed by atoms with E-state index >= 15 is 0 Å². The van der Waals surface area contributed by atoms with E-state index < -0.39 is 0 Å². The number of aromatic nitrogens is 2. The number of aryl methyl sites for hydroxylation is 1. The van der Waals surface area contributed by atoms with Gasteiger partial charge in [0, 0.05) is 23.8 Å². The smallest absolute Gasteiger partial charge is 0.307 e. The number of esters is 1. The second-order valence-electron chi connectivity index (χ2n) is 5.69. The molecule has 1 atom stereocenters. The Bertz CT molecular complexity index is 539. The number of piperidine rings is 1. The van der Waals surface area contributed by atoms with Crippen LogP contribution in [0.15, 0.2) is 0 Å². The molecule has 122 valence electrons. The second-order valence-corrected chi connectivity index (χ2v) is 5.69. The largest absolute Gasteiger partial charge is 0.466 e. The van der Waals surface area contributed by atoms with E-state index in [1.165, 1.54) is 0 Å². The molecule has 1 aliphatic heterocycles. The van der Waals surface area contributed by atoms with E-state index in [9.17, 15) is 9.59 Å². The van der Waals surface area contributed by atoms with Gasteiger partial charge in [-0.05, 0) is 39.5 Å². The lowest BCUT2D eigenvalue weighted by Crippen LogP contribution is -2.45. The normalized spacial score (nSPS) is 18.3. The van der Waals surface area contributed by atoms with Gasteiger partial charge in [0.2, 0.25) is 0 Å². The quantitative estimate of drug-likeness (QED) is 0.846. The zero-order chi connectivity index (χ0) is 16.1. The molecule has 2 rings (SSSR count). The molecule has 1 amide bonds. The van der Waals surface area contributed by atoms with Gasteiger partial charge in [-0.2, -0.15) is 5.10 Å². The Kier molecular flexibility index (Phi) is 5.57. The van der Waals surface area contributed by atoms with Crippen molar-refractivity contribution in [2.24, 2.45) is 0 Å². The SMILES string of the molecule is CCOC(=O)C[C@H]1CCCCN1C(=O)c1n[nH]c(CC)c1C. The summed E-state index contributed by atoms with van der Waals surface area (Å²) in [5, 5.41) is 7.11. The highest BCUT2D eigenvalue weighted by atomic mass is 16.5. The van der Waals surface area contributed by atoms with Crippen molar-refractivity contribution in [3.8, 4) is 0 Å². The van der Waals surface area contributed by atoms with Crippen molar-refractivity contribution in [1.82, 2.24) is 15.1 Å². The molecule has 1 aromatic heterocycles. The molecule has 2 heterocycles. The topological polar surface area (TPSA) is 75.3 Å². The van der Waals surface area contributed by atoms with E-state index in [0.717, 1.165) is 36.9 Å². The third kappa shape index (κ3) is 3.48. The highest BCUT2D eigenvalue weighted by Gasteiger charge is 2.31. The number of ether oxygens (including phenoxy) is 1. The zero-order valence-corrected chi connectivity index (χ0v) is 13.6. The third-order valence-corrected chi connectivity index (χ3v) is 4.26. The lowest BCUT2D eigenvalue weighted by atomic mass is 9.98. The summed E-state index contributed by atoms with van der Waals surface area (Å²) in [6.45, 7) is 6.79. The third-order valence-electron chi connectivity index (χ3n) is 4.26. The molecule has 1 fully saturated rings. The molecule has 1 N–H and O–H groups in total. The fourth-order valence-corrected chi connectivity index (χ4v) is 3.01. The van der Waals surface area contributed by atoms with E-state index in [2.05, 4.69) is 10.2 Å². The number of likely N-dealkylation sites (tertiary alicyclic amines) is 1. The molecular formula is C16H25N3O3. The van der Waals surface area contributed by atoms with Crippen LogP contribution in [0.5, 0.6) is 0 Å². The molecule has 0 saturated carbocycles. The first-order chi connectivity index (χ1) is 10.6. The molecule has 6 heteroatoms. The number of hydrogen-bond acceptors (Lipinski definition) is 4. The summed E-state index contributed by atoms with van der Waals surface area (Å²) < 4.78 is 5.02. The molecule has 6 nitrogen and oxygen atoms in total. The molecule has 1 aliphatic rings. The lowest BCUT2D eigenvalue weighted by Gasteiger charge is -2.35. The summed E-state index contributed by atoms with van der Waals surface area (Å²) in [5.41, 5.74) is 2.38. The first-order valence-electron chi connectivity index (χ1n) is 8.08. The Morgan fingerprint density at radius 2 is 2.14 bits per heavy atom. The van der Waals surface area contributed by atoms with Crippen LogP contribution in [-0.2, 0) is 16.0 Å². The summed E-state index contributed by atoms with van der Waals surface area (Å²) in [5.74, 6) is -0.317. The van der Waals surface area contributed by atoms with Crippen molar-refractivity contribution in [2.45, 2.75) is 58.9 Å². The first kappa shape index (κ1) is 16.5. The molecule has 0 unspecified atom stereocenters. The van der Waals surface area contributed by atoms with Crippen molar-refractivity contribution in [2.75, 3.05) is 13.2 Å². The van der Waals surface area contributed by atoms with Gasteiger partial charge < -0.3 is 9.64 Å². The van der Waals surface area contributed by atoms with Gasteiger partial charge in [-0.1, -0.05) is 6.92 Å². The number of nitrogens with one attached hydrogen (secondary N) is 1. The number of H-pyrrole nitrogens is 1. The van der Waals surface area contributed by atoms with Gasteiger partial charge in [0.05, 0.1) is 13.0 Å². The summed E-state index contributed by atoms with van der Waals surface area (Å²) >= 11 is 0. The van der Waals surface area contributed by atoms with Crippen molar-refractivity contribution in [1.29, 1.82) is 0 Å². The molecule has 1 aromatic rings. The van der Waals surface area contributed by atoms with Crippen LogP contribution in [-0.4, -0.2) is 46.2 Å². The minimum absolute atomic E-state index is 0.0811. The van der Waals surface area contributed by atoms with E-state index in [1.807, 2.05) is 13.8 Å². The van der Waals surface area contributed by atoms with Crippen LogP contribution >= 0.6 is 0 Å². The van der Waals surface area contributed by atoms with Crippen LogP contribution in [0.2, 0.25) is 0 Å². The second kappa shape index (κ2) is 7.42. The van der Waals surface area contributed by atoms with Crippen molar-refractivity contribution in [3.63, 3.8) is 0 Å². The van der Waals surface area contributed by atoms with Crippen LogP contribution in [0.3, 0.4) is 0 Å². The molecule has 22 heavy (non-hydrogen) atoms. The van der Waals surface area contributed by atoms with Crippen LogP contribution < -0.4 is 0 Å². The summed E-state index contributed by atoms with van der Waals surface area (Å²) in [6.07, 6.45) is 3.93. The molecular weight excluding hydrogens is 282 g/mol. The number of rotatable bonds is 5. The summed E-state index contributed by atoms with van der Waals surface area (Å²) in [4.78, 5) is 26.3. The van der Waals surface area contributed by atoms with Gasteiger partial charge in [-0.25, -0.2) is 0 Å². The Morgan fingerprint density at radius 3 is 2.77 bits per heavy atom. The van der Waals surface area contributed by atoms with E-state index in [1.54, 1.807) is 11.8 Å². The fraction of sp³-hybridized carbons (Fsp3) is 0.688. The van der Waals surface area contributed by atoms with Crippen molar-refractivity contribution < 1.29 is 14.3 Å². The molecule has 0 spiro atoms. The van der Waals surface area contributed by atoms with Gasteiger partial charge in [0.25, 0.3) is 5.91 Å². The molecule has 0 radical (unpaired) electrons. The van der Waals surface area contributed by atoms with Gasteiger partial charge in [-0.3, -0.25) is 14.7 Å². The van der Waals surface area contributed by atoms with Gasteiger partial charge in [-0.15, -0.1) is 0 Å².